The highest BCUT2D eigenvalue weighted by Crippen LogP contribution is 2.36. The number of nitrogens with one attached hydrogen (secondary N) is 3. The highest BCUT2D eigenvalue weighted by atomic mass is 35.5. The Labute approximate surface area is 207 Å². The van der Waals surface area contributed by atoms with Gasteiger partial charge in [0.05, 0.1) is 11.1 Å². The van der Waals surface area contributed by atoms with Gasteiger partial charge in [-0.3, -0.25) is 4.79 Å². The Morgan fingerprint density at radius 2 is 2.00 bits per heavy atom. The predicted molar refractivity (Wildman–Crippen MR) is 132 cm³/mol. The van der Waals surface area contributed by atoms with E-state index in [0.717, 1.165) is 42.6 Å². The van der Waals surface area contributed by atoms with Crippen LogP contribution >= 0.6 is 11.6 Å². The third-order valence-corrected chi connectivity index (χ3v) is 7.07. The monoisotopic (exact) mass is 500 g/mol. The van der Waals surface area contributed by atoms with E-state index in [2.05, 4.69) is 20.9 Å². The molecular weight excluding hydrogens is 474 g/mol. The molecule has 184 valence electrons. The van der Waals surface area contributed by atoms with Crippen molar-refractivity contribution in [2.24, 2.45) is 0 Å². The zero-order valence-corrected chi connectivity index (χ0v) is 19.9. The molecule has 2 aromatic carbocycles. The Balaban J connectivity index is 1.40. The largest absolute Gasteiger partial charge is 0.381 e. The molecule has 0 radical (unpaired) electrons. The summed E-state index contributed by atoms with van der Waals surface area (Å²) in [5.41, 5.74) is -1.04. The average Bonchev–Trinajstić information content (AvgIpc) is 3.31. The fraction of sp³-hybridized carbons (Fsp3) is 0.385. The highest BCUT2D eigenvalue weighted by molar-refractivity contribution is 6.30. The molecule has 6 nitrogen and oxygen atoms in total. The van der Waals surface area contributed by atoms with E-state index in [1.54, 1.807) is 24.4 Å². The summed E-state index contributed by atoms with van der Waals surface area (Å²) in [6.07, 6.45) is 3.79. The molecule has 1 amide bonds. The second kappa shape index (κ2) is 10.0. The summed E-state index contributed by atoms with van der Waals surface area (Å²) >= 11 is 5.83. The van der Waals surface area contributed by atoms with Gasteiger partial charge in [-0.2, -0.15) is 0 Å². The molecular formula is C26H27ClF2N4O2. The molecule has 2 aliphatic heterocycles. The summed E-state index contributed by atoms with van der Waals surface area (Å²) in [4.78, 5) is 17.7. The van der Waals surface area contributed by atoms with Crippen molar-refractivity contribution in [2.75, 3.05) is 31.6 Å². The number of hydrogen-bond donors (Lipinski definition) is 3. The number of nitrogens with zero attached hydrogens (tertiary/aromatic N) is 1. The van der Waals surface area contributed by atoms with Crippen molar-refractivity contribution in [1.29, 1.82) is 0 Å². The van der Waals surface area contributed by atoms with Crippen LogP contribution in [0.3, 0.4) is 0 Å². The molecule has 2 fully saturated rings. The van der Waals surface area contributed by atoms with Gasteiger partial charge in [-0.25, -0.2) is 13.8 Å². The van der Waals surface area contributed by atoms with Crippen LogP contribution in [0.1, 0.15) is 41.2 Å². The number of ether oxygens (including phenoxy) is 1. The van der Waals surface area contributed by atoms with Crippen molar-refractivity contribution in [1.82, 2.24) is 15.6 Å². The van der Waals surface area contributed by atoms with Crippen LogP contribution in [0.25, 0.3) is 10.8 Å². The summed E-state index contributed by atoms with van der Waals surface area (Å²) in [5.74, 6) is -0.358. The molecule has 3 heterocycles. The van der Waals surface area contributed by atoms with Crippen LogP contribution in [0, 0.1) is 5.82 Å². The minimum absolute atomic E-state index is 0.0513. The zero-order chi connectivity index (χ0) is 24.4. The molecule has 3 N–H and O–H groups in total. The maximum Gasteiger partial charge on any atom is 0.251 e. The summed E-state index contributed by atoms with van der Waals surface area (Å²) in [7, 11) is 0. The Morgan fingerprint density at radius 1 is 1.17 bits per heavy atom. The number of alkyl halides is 1. The number of benzene rings is 2. The first-order valence-corrected chi connectivity index (χ1v) is 12.2. The summed E-state index contributed by atoms with van der Waals surface area (Å²) in [6, 6.07) is 10.6. The maximum absolute atomic E-state index is 15.8. The second-order valence-electron chi connectivity index (χ2n) is 9.20. The van der Waals surface area contributed by atoms with Crippen molar-refractivity contribution >= 4 is 34.1 Å². The molecule has 35 heavy (non-hydrogen) atoms. The van der Waals surface area contributed by atoms with Crippen molar-refractivity contribution in [3.8, 4) is 0 Å². The third kappa shape index (κ3) is 5.24. The van der Waals surface area contributed by atoms with Gasteiger partial charge in [0.15, 0.2) is 0 Å². The number of carbonyl (C=O) groups excluding carboxylic acids is 1. The lowest BCUT2D eigenvalue weighted by Crippen LogP contribution is -2.44. The summed E-state index contributed by atoms with van der Waals surface area (Å²) in [6.45, 7) is 1.98. The zero-order valence-electron chi connectivity index (χ0n) is 19.1. The first kappa shape index (κ1) is 23.9. The van der Waals surface area contributed by atoms with Crippen LogP contribution in [0.5, 0.6) is 0 Å². The standard InChI is InChI=1S/C26H27ClF2N4O2/c27-21-4-3-16(12-22(21)28)24(26(29)7-8-30-15-26)33-25(34)17-1-2-18-14-31-23(13-19(18)11-17)32-20-5-9-35-10-6-20/h1-4,11-14,20,24,30H,5-10,15H2,(H,31,32)(H,33,34)/t24-,26-/m1/s1. The number of halogens is 3. The van der Waals surface area contributed by atoms with Gasteiger partial charge >= 0.3 is 0 Å². The molecule has 0 bridgehead atoms. The SMILES string of the molecule is O=C(N[C@H](c1ccc(Cl)c(F)c1)[C@@]1(F)CCNC1)c1ccc2cnc(NC3CCOCC3)cc2c1. The van der Waals surface area contributed by atoms with E-state index in [0.29, 0.717) is 23.7 Å². The number of hydrogen-bond acceptors (Lipinski definition) is 5. The van der Waals surface area contributed by atoms with Crippen molar-refractivity contribution in [2.45, 2.75) is 37.0 Å². The Morgan fingerprint density at radius 3 is 2.74 bits per heavy atom. The van der Waals surface area contributed by atoms with Gasteiger partial charge in [0.25, 0.3) is 5.91 Å². The Kier molecular flexibility index (Phi) is 6.86. The van der Waals surface area contributed by atoms with Crippen LogP contribution in [0.4, 0.5) is 14.6 Å². The molecule has 0 aliphatic carbocycles. The van der Waals surface area contributed by atoms with Gasteiger partial charge in [-0.05, 0) is 67.1 Å². The highest BCUT2D eigenvalue weighted by Gasteiger charge is 2.44. The van der Waals surface area contributed by atoms with E-state index in [4.69, 9.17) is 16.3 Å². The number of carbonyl (C=O) groups is 1. The normalized spacial score (nSPS) is 21.7. The van der Waals surface area contributed by atoms with Gasteiger partial charge in [-0.1, -0.05) is 23.7 Å². The predicted octanol–water partition coefficient (Wildman–Crippen LogP) is 4.79. The quantitative estimate of drug-likeness (QED) is 0.454. The fourth-order valence-corrected chi connectivity index (χ4v) is 4.87. The van der Waals surface area contributed by atoms with Crippen LogP contribution in [0.15, 0.2) is 48.7 Å². The number of fused-ring (bicyclic) bond motifs is 1. The van der Waals surface area contributed by atoms with E-state index >= 15 is 4.39 Å². The molecule has 5 rings (SSSR count). The third-order valence-electron chi connectivity index (χ3n) is 6.76. The van der Waals surface area contributed by atoms with Crippen LogP contribution in [-0.4, -0.2) is 48.9 Å². The van der Waals surface area contributed by atoms with E-state index in [1.165, 1.54) is 12.1 Å². The molecule has 0 spiro atoms. The molecule has 3 aromatic rings. The summed E-state index contributed by atoms with van der Waals surface area (Å²) < 4.78 is 35.4. The van der Waals surface area contributed by atoms with E-state index in [9.17, 15) is 9.18 Å². The molecule has 1 aromatic heterocycles. The first-order chi connectivity index (χ1) is 16.9. The molecule has 0 unspecified atom stereocenters. The fourth-order valence-electron chi connectivity index (χ4n) is 4.76. The molecule has 2 aliphatic rings. The van der Waals surface area contributed by atoms with Crippen molar-refractivity contribution < 1.29 is 18.3 Å². The Hall–Kier alpha value is -2.81. The second-order valence-corrected chi connectivity index (χ2v) is 9.61. The van der Waals surface area contributed by atoms with Gasteiger partial charge in [0.1, 0.15) is 17.3 Å². The van der Waals surface area contributed by atoms with E-state index in [-0.39, 0.29) is 18.0 Å². The minimum Gasteiger partial charge on any atom is -0.381 e. The Bertz CT molecular complexity index is 1230. The topological polar surface area (TPSA) is 75.3 Å². The van der Waals surface area contributed by atoms with E-state index < -0.39 is 23.4 Å². The van der Waals surface area contributed by atoms with Crippen molar-refractivity contribution in [3.63, 3.8) is 0 Å². The number of amides is 1. The number of aromatic nitrogens is 1. The van der Waals surface area contributed by atoms with Crippen LogP contribution in [0.2, 0.25) is 5.02 Å². The summed E-state index contributed by atoms with van der Waals surface area (Å²) in [5, 5.41) is 10.9. The van der Waals surface area contributed by atoms with Gasteiger partial charge in [0.2, 0.25) is 0 Å². The molecule has 9 heteroatoms. The van der Waals surface area contributed by atoms with E-state index in [1.807, 2.05) is 12.1 Å². The molecule has 2 atom stereocenters. The number of pyridine rings is 1. The van der Waals surface area contributed by atoms with Gasteiger partial charge < -0.3 is 20.7 Å². The first-order valence-electron chi connectivity index (χ1n) is 11.8. The smallest absolute Gasteiger partial charge is 0.251 e. The lowest BCUT2D eigenvalue weighted by Gasteiger charge is -2.31. The maximum atomic E-state index is 15.8. The van der Waals surface area contributed by atoms with Crippen LogP contribution in [-0.2, 0) is 4.74 Å². The lowest BCUT2D eigenvalue weighted by molar-refractivity contribution is 0.0812. The lowest BCUT2D eigenvalue weighted by atomic mass is 9.88. The van der Waals surface area contributed by atoms with Crippen LogP contribution < -0.4 is 16.0 Å². The number of anilines is 1. The molecule has 2 saturated heterocycles. The van der Waals surface area contributed by atoms with Gasteiger partial charge in [0, 0.05) is 42.9 Å². The van der Waals surface area contributed by atoms with Gasteiger partial charge in [-0.15, -0.1) is 0 Å². The minimum atomic E-state index is -1.75. The number of rotatable bonds is 6. The average molecular weight is 501 g/mol. The van der Waals surface area contributed by atoms with Crippen molar-refractivity contribution in [3.05, 3.63) is 70.6 Å². The molecule has 0 saturated carbocycles.